The Morgan fingerprint density at radius 2 is 1.22 bits per heavy atom. The van der Waals surface area contributed by atoms with Gasteiger partial charge in [0.1, 0.15) is 18.7 Å². The van der Waals surface area contributed by atoms with Crippen LogP contribution in [0.1, 0.15) is 96.2 Å². The number of nitrogens with zero attached hydrogens (tertiary/aromatic N) is 2. The number of carbonyl (C=O) groups is 5. The van der Waals surface area contributed by atoms with E-state index in [0.29, 0.717) is 90.6 Å². The molecule has 0 radical (unpaired) electrons. The number of benzene rings is 5. The zero-order chi connectivity index (χ0) is 54.2. The van der Waals surface area contributed by atoms with Crippen molar-refractivity contribution in [2.75, 3.05) is 63.1 Å². The molecule has 404 valence electrons. The number of rotatable bonds is 18. The zero-order valence-corrected chi connectivity index (χ0v) is 44.5. The Morgan fingerprint density at radius 1 is 0.654 bits per heavy atom. The first-order valence-corrected chi connectivity index (χ1v) is 26.9. The topological polar surface area (TPSA) is 198 Å². The molecule has 0 bridgehead atoms. The normalized spacial score (nSPS) is 18.6. The minimum atomic E-state index is -0.945. The van der Waals surface area contributed by atoms with Crippen molar-refractivity contribution in [2.24, 2.45) is 11.8 Å². The smallest absolute Gasteiger partial charge is 0.407 e. The number of anilines is 3. The molecule has 0 aromatic heterocycles. The van der Waals surface area contributed by atoms with Gasteiger partial charge in [0, 0.05) is 55.6 Å². The Kier molecular flexibility index (Phi) is 14.5. The summed E-state index contributed by atoms with van der Waals surface area (Å²) < 4.78 is 29.5. The van der Waals surface area contributed by atoms with Gasteiger partial charge >= 0.3 is 6.09 Å². The van der Waals surface area contributed by atoms with E-state index in [1.807, 2.05) is 79.5 Å². The van der Waals surface area contributed by atoms with Crippen LogP contribution in [0.15, 0.2) is 115 Å². The Balaban J connectivity index is 0.654. The molecular weight excluding hydrogens is 991 g/mol. The number of alkyl carbamates (subject to hydrolysis) is 1. The Hall–Kier alpha value is -8.47. The highest BCUT2D eigenvalue weighted by Gasteiger charge is 2.40. The van der Waals surface area contributed by atoms with Gasteiger partial charge in [-0.1, -0.05) is 74.5 Å². The predicted molar refractivity (Wildman–Crippen MR) is 296 cm³/mol. The van der Waals surface area contributed by atoms with Gasteiger partial charge in [0.25, 0.3) is 11.8 Å². The Bertz CT molecular complexity index is 3200. The largest absolute Gasteiger partial charge is 0.493 e. The van der Waals surface area contributed by atoms with Crippen molar-refractivity contribution in [3.63, 3.8) is 0 Å². The van der Waals surface area contributed by atoms with Gasteiger partial charge in [0.2, 0.25) is 11.8 Å². The molecule has 0 unspecified atom stereocenters. The molecule has 11 rings (SSSR count). The fourth-order valence-electron chi connectivity index (χ4n) is 11.3. The van der Waals surface area contributed by atoms with Crippen molar-refractivity contribution in [2.45, 2.75) is 83.0 Å². The van der Waals surface area contributed by atoms with Crippen LogP contribution in [0.4, 0.5) is 21.9 Å². The third kappa shape index (κ3) is 10.4. The summed E-state index contributed by atoms with van der Waals surface area (Å²) in [6.07, 6.45) is 7.68. The SMILES string of the molecule is COc1cc2c(cc1OCCCOc1cc3c(cc1OC)C(=O)N1C=C(C4CC4)C[C@H]1CN3)NC[C@@H]1CC(c3ccc(NC(=O)[C@H](C)NC(=O)[C@@H](NC(=O)OCC4c5ccccc5-c5ccccc54)C(C)C)cc3)=CN1C2=O. The lowest BCUT2D eigenvalue weighted by Crippen LogP contribution is -2.53. The lowest BCUT2D eigenvalue weighted by molar-refractivity contribution is -0.128. The molecule has 1 fully saturated rings. The first-order valence-electron chi connectivity index (χ1n) is 26.9. The number of carbonyl (C=O) groups excluding carboxylic acids is 5. The maximum atomic E-state index is 14.2. The standard InChI is InChI=1S/C61H65N7O10/c1-34(2)56(66-61(73)78-33-49-45-13-8-6-11-43(45)44-12-7-9-14-46(44)49)58(70)64-35(3)57(69)65-40-19-17-37(18-20-40)39-24-42-30-63-51-28-55(53(75-5)26-48(51)60(72)68(42)32-39)77-22-10-21-76-54-27-50-47(25-52(54)74-4)59(71)67-31-38(36-15-16-36)23-41(67)29-62-50/h6-9,11-14,17-20,25-28,31-32,34-36,41-42,49,56,62-63H,10,15-16,21-24,29-30,33H2,1-5H3,(H,64,70)(H,65,69)(H,66,73)/t35-,41-,42-,56-/m0/s1. The summed E-state index contributed by atoms with van der Waals surface area (Å²) in [6, 6.07) is 28.7. The third-order valence-electron chi connectivity index (χ3n) is 15.7. The highest BCUT2D eigenvalue weighted by Crippen LogP contribution is 2.46. The van der Waals surface area contributed by atoms with Gasteiger partial charge in [-0.2, -0.15) is 0 Å². The van der Waals surface area contributed by atoms with Crippen molar-refractivity contribution in [1.82, 2.24) is 20.4 Å². The van der Waals surface area contributed by atoms with Gasteiger partial charge < -0.3 is 60.1 Å². The van der Waals surface area contributed by atoms with Crippen molar-refractivity contribution >= 4 is 52.4 Å². The van der Waals surface area contributed by atoms with Crippen LogP contribution in [0.2, 0.25) is 0 Å². The van der Waals surface area contributed by atoms with Crippen LogP contribution >= 0.6 is 0 Å². The highest BCUT2D eigenvalue weighted by molar-refractivity contribution is 6.04. The van der Waals surface area contributed by atoms with Crippen LogP contribution in [0.25, 0.3) is 16.7 Å². The van der Waals surface area contributed by atoms with Crippen LogP contribution in [-0.2, 0) is 14.3 Å². The molecule has 0 spiro atoms. The highest BCUT2D eigenvalue weighted by atomic mass is 16.5. The van der Waals surface area contributed by atoms with Gasteiger partial charge in [0.05, 0.1) is 62.0 Å². The molecule has 4 atom stereocenters. The summed E-state index contributed by atoms with van der Waals surface area (Å²) in [6.45, 7) is 7.10. The van der Waals surface area contributed by atoms with E-state index in [1.165, 1.54) is 18.4 Å². The molecule has 5 N–H and O–H groups in total. The number of fused-ring (bicyclic) bond motifs is 7. The van der Waals surface area contributed by atoms with E-state index >= 15 is 0 Å². The molecule has 4 heterocycles. The second-order valence-electron chi connectivity index (χ2n) is 21.2. The summed E-state index contributed by atoms with van der Waals surface area (Å²) in [5.74, 6) is 0.985. The maximum absolute atomic E-state index is 14.2. The van der Waals surface area contributed by atoms with Crippen LogP contribution in [0.5, 0.6) is 23.0 Å². The van der Waals surface area contributed by atoms with Crippen LogP contribution < -0.4 is 45.5 Å². The maximum Gasteiger partial charge on any atom is 0.407 e. The summed E-state index contributed by atoms with van der Waals surface area (Å²) >= 11 is 0. The summed E-state index contributed by atoms with van der Waals surface area (Å²) in [7, 11) is 3.11. The molecule has 6 aliphatic rings. The molecule has 2 aliphatic carbocycles. The molecule has 5 aromatic carbocycles. The van der Waals surface area contributed by atoms with E-state index in [4.69, 9.17) is 23.7 Å². The average Bonchev–Trinajstić information content (AvgIpc) is 4.20. The number of methoxy groups -OCH3 is 2. The fourth-order valence-corrected chi connectivity index (χ4v) is 11.3. The zero-order valence-electron chi connectivity index (χ0n) is 44.5. The first kappa shape index (κ1) is 51.6. The third-order valence-corrected chi connectivity index (χ3v) is 15.7. The molecular formula is C61H65N7O10. The van der Waals surface area contributed by atoms with E-state index in [0.717, 1.165) is 45.5 Å². The summed E-state index contributed by atoms with van der Waals surface area (Å²) in [5, 5.41) is 15.3. The molecule has 17 nitrogen and oxygen atoms in total. The average molecular weight is 1060 g/mol. The van der Waals surface area contributed by atoms with E-state index < -0.39 is 30.0 Å². The number of hydrogen-bond donors (Lipinski definition) is 5. The fraction of sp³-hybridized carbons (Fsp3) is 0.361. The van der Waals surface area contributed by atoms with E-state index in [-0.39, 0.29) is 42.3 Å². The molecule has 78 heavy (non-hydrogen) atoms. The molecule has 17 heteroatoms. The van der Waals surface area contributed by atoms with Crippen LogP contribution in [0, 0.1) is 11.8 Å². The quantitative estimate of drug-likeness (QED) is 0.0523. The molecule has 1 saturated carbocycles. The van der Waals surface area contributed by atoms with Crippen LogP contribution in [0.3, 0.4) is 0 Å². The lowest BCUT2D eigenvalue weighted by Gasteiger charge is -2.24. The van der Waals surface area contributed by atoms with Gasteiger partial charge in [0.15, 0.2) is 23.0 Å². The first-order chi connectivity index (χ1) is 37.8. The second kappa shape index (κ2) is 21.9. The number of amides is 5. The predicted octanol–water partition coefficient (Wildman–Crippen LogP) is 9.17. The molecule has 5 amide bonds. The number of ether oxygens (including phenoxy) is 5. The lowest BCUT2D eigenvalue weighted by atomic mass is 9.98. The van der Waals surface area contributed by atoms with Crippen molar-refractivity contribution in [3.8, 4) is 34.1 Å². The van der Waals surface area contributed by atoms with E-state index in [9.17, 15) is 24.0 Å². The number of nitrogens with one attached hydrogen (secondary N) is 5. The second-order valence-corrected chi connectivity index (χ2v) is 21.2. The minimum Gasteiger partial charge on any atom is -0.493 e. The minimum absolute atomic E-state index is 0.0333. The summed E-state index contributed by atoms with van der Waals surface area (Å²) in [5.41, 5.74) is 10.5. The van der Waals surface area contributed by atoms with Crippen LogP contribution in [-0.4, -0.2) is 111 Å². The van der Waals surface area contributed by atoms with E-state index in [1.54, 1.807) is 56.4 Å². The van der Waals surface area contributed by atoms with Gasteiger partial charge in [-0.3, -0.25) is 19.2 Å². The van der Waals surface area contributed by atoms with Gasteiger partial charge in [-0.25, -0.2) is 4.79 Å². The Morgan fingerprint density at radius 3 is 1.78 bits per heavy atom. The summed E-state index contributed by atoms with van der Waals surface area (Å²) in [4.78, 5) is 71.4. The number of hydrogen-bond acceptors (Lipinski definition) is 12. The molecule has 5 aromatic rings. The van der Waals surface area contributed by atoms with Crippen molar-refractivity contribution in [3.05, 3.63) is 143 Å². The van der Waals surface area contributed by atoms with Crippen molar-refractivity contribution < 1.29 is 47.7 Å². The monoisotopic (exact) mass is 1060 g/mol. The van der Waals surface area contributed by atoms with Crippen molar-refractivity contribution in [1.29, 1.82) is 0 Å². The molecule has 0 saturated heterocycles. The van der Waals surface area contributed by atoms with Gasteiger partial charge in [-0.15, -0.1) is 0 Å². The Labute approximate surface area is 453 Å². The molecule has 4 aliphatic heterocycles. The van der Waals surface area contributed by atoms with Gasteiger partial charge in [-0.05, 0) is 108 Å². The van der Waals surface area contributed by atoms with E-state index in [2.05, 4.69) is 44.9 Å².